The van der Waals surface area contributed by atoms with Gasteiger partial charge in [0, 0.05) is 5.69 Å². The van der Waals surface area contributed by atoms with E-state index in [1.54, 1.807) is 0 Å². The Kier molecular flexibility index (Phi) is 4.01. The Hall–Kier alpha value is -1.82. The van der Waals surface area contributed by atoms with Gasteiger partial charge in [0.05, 0.1) is 0 Å². The summed E-state index contributed by atoms with van der Waals surface area (Å²) in [5, 5.41) is 2.30. The fraction of sp³-hybridized carbons (Fsp3) is 0.556. The molecule has 1 aromatic heterocycles. The maximum Gasteiger partial charge on any atom is 0.460 e. The summed E-state index contributed by atoms with van der Waals surface area (Å²) in [5.74, 6) is -16.4. The Morgan fingerprint density at radius 3 is 1.77 bits per heavy atom. The molecule has 1 aromatic rings. The third-order valence-electron chi connectivity index (χ3n) is 2.39. The molecule has 0 aromatic carbocycles. The fourth-order valence-electron chi connectivity index (χ4n) is 1.26. The largest absolute Gasteiger partial charge is 0.460 e. The van der Waals surface area contributed by atoms with Gasteiger partial charge in [-0.25, -0.2) is 0 Å². The molecule has 0 radical (unpaired) electrons. The molecule has 0 saturated carbocycles. The van der Waals surface area contributed by atoms with Crippen LogP contribution in [0.4, 0.5) is 43.9 Å². The smallest absolute Gasteiger partial charge is 0.265 e. The zero-order valence-electron chi connectivity index (χ0n) is 10.2. The SMILES string of the molecule is Cc1cc(C(F)(F)F)nn1C(=O)C(F)(F)C(F)(F)C(F)(F)F. The maximum absolute atomic E-state index is 13.1. The van der Waals surface area contributed by atoms with E-state index in [2.05, 4.69) is 5.10 Å². The number of hydrogen-bond donors (Lipinski definition) is 0. The van der Waals surface area contributed by atoms with Crippen molar-refractivity contribution in [3.63, 3.8) is 0 Å². The molecule has 0 aliphatic rings. The van der Waals surface area contributed by atoms with Crippen molar-refractivity contribution >= 4 is 5.91 Å². The normalized spacial score (nSPS) is 14.3. The molecule has 0 atom stereocenters. The highest BCUT2D eigenvalue weighted by molar-refractivity contribution is 5.87. The zero-order valence-corrected chi connectivity index (χ0v) is 10.2. The first kappa shape index (κ1) is 18.2. The van der Waals surface area contributed by atoms with Crippen LogP contribution >= 0.6 is 0 Å². The van der Waals surface area contributed by atoms with Crippen LogP contribution in [-0.4, -0.2) is 33.7 Å². The van der Waals surface area contributed by atoms with Crippen LogP contribution in [0.15, 0.2) is 6.07 Å². The van der Waals surface area contributed by atoms with Gasteiger partial charge in [-0.05, 0) is 13.0 Å². The molecule has 0 bridgehead atoms. The van der Waals surface area contributed by atoms with E-state index in [0.717, 1.165) is 0 Å². The van der Waals surface area contributed by atoms with Crippen molar-refractivity contribution in [2.75, 3.05) is 0 Å². The van der Waals surface area contributed by atoms with Gasteiger partial charge in [0.2, 0.25) is 0 Å². The zero-order chi connectivity index (χ0) is 17.7. The van der Waals surface area contributed by atoms with E-state index in [-0.39, 0.29) is 6.07 Å². The van der Waals surface area contributed by atoms with Gasteiger partial charge in [0.15, 0.2) is 5.69 Å². The summed E-state index contributed by atoms with van der Waals surface area (Å²) in [6.07, 6.45) is -12.0. The lowest BCUT2D eigenvalue weighted by Crippen LogP contribution is -2.57. The average Bonchev–Trinajstić information content (AvgIpc) is 2.68. The number of aromatic nitrogens is 2. The van der Waals surface area contributed by atoms with Gasteiger partial charge in [-0.3, -0.25) is 4.79 Å². The van der Waals surface area contributed by atoms with Crippen molar-refractivity contribution in [1.29, 1.82) is 0 Å². The number of carbonyl (C=O) groups excluding carboxylic acids is 1. The predicted molar refractivity (Wildman–Crippen MR) is 48.5 cm³/mol. The monoisotopic (exact) mass is 346 g/mol. The van der Waals surface area contributed by atoms with Gasteiger partial charge in [-0.15, -0.1) is 0 Å². The average molecular weight is 346 g/mol. The Labute approximate surface area is 114 Å². The highest BCUT2D eigenvalue weighted by Gasteiger charge is 2.76. The lowest BCUT2D eigenvalue weighted by atomic mass is 10.1. The number of rotatable bonds is 2. The van der Waals surface area contributed by atoms with Crippen LogP contribution in [0.3, 0.4) is 0 Å². The van der Waals surface area contributed by atoms with E-state index in [0.29, 0.717) is 6.92 Å². The van der Waals surface area contributed by atoms with E-state index in [1.165, 1.54) is 0 Å². The second-order valence-electron chi connectivity index (χ2n) is 4.03. The summed E-state index contributed by atoms with van der Waals surface area (Å²) in [4.78, 5) is 11.1. The summed E-state index contributed by atoms with van der Waals surface area (Å²) in [6.45, 7) is 0.599. The third-order valence-corrected chi connectivity index (χ3v) is 2.39. The highest BCUT2D eigenvalue weighted by Crippen LogP contribution is 2.47. The van der Waals surface area contributed by atoms with Crippen molar-refractivity contribution in [3.8, 4) is 0 Å². The predicted octanol–water partition coefficient (Wildman–Crippen LogP) is 3.68. The molecular weight excluding hydrogens is 342 g/mol. The molecular formula is C9H4F10N2O. The second-order valence-corrected chi connectivity index (χ2v) is 4.03. The summed E-state index contributed by atoms with van der Waals surface area (Å²) in [7, 11) is 0. The van der Waals surface area contributed by atoms with Crippen molar-refractivity contribution in [3.05, 3.63) is 17.5 Å². The molecule has 126 valence electrons. The molecule has 0 unspecified atom stereocenters. The molecule has 0 amide bonds. The Bertz CT molecular complexity index is 582. The first-order valence-corrected chi connectivity index (χ1v) is 5.04. The van der Waals surface area contributed by atoms with Crippen molar-refractivity contribution < 1.29 is 48.7 Å². The van der Waals surface area contributed by atoms with E-state index in [9.17, 15) is 48.7 Å². The Morgan fingerprint density at radius 2 is 1.45 bits per heavy atom. The molecule has 22 heavy (non-hydrogen) atoms. The molecule has 0 N–H and O–H groups in total. The molecule has 1 rings (SSSR count). The summed E-state index contributed by atoms with van der Waals surface area (Å²) < 4.78 is 123. The first-order chi connectivity index (χ1) is 9.53. The molecule has 0 aliphatic carbocycles. The first-order valence-electron chi connectivity index (χ1n) is 5.04. The van der Waals surface area contributed by atoms with Gasteiger partial charge in [-0.1, -0.05) is 0 Å². The quantitative estimate of drug-likeness (QED) is 0.766. The van der Waals surface area contributed by atoms with Crippen LogP contribution < -0.4 is 0 Å². The third kappa shape index (κ3) is 2.75. The van der Waals surface area contributed by atoms with Gasteiger partial charge in [0.25, 0.3) is 0 Å². The van der Waals surface area contributed by atoms with Gasteiger partial charge >= 0.3 is 30.1 Å². The molecule has 13 heteroatoms. The van der Waals surface area contributed by atoms with Crippen molar-refractivity contribution in [1.82, 2.24) is 9.78 Å². The van der Waals surface area contributed by atoms with Crippen molar-refractivity contribution in [2.45, 2.75) is 31.1 Å². The fourth-order valence-corrected chi connectivity index (χ4v) is 1.26. The summed E-state index contributed by atoms with van der Waals surface area (Å²) >= 11 is 0. The minimum atomic E-state index is -6.79. The van der Waals surface area contributed by atoms with Crippen LogP contribution in [0.5, 0.6) is 0 Å². The Morgan fingerprint density at radius 1 is 1.00 bits per heavy atom. The second kappa shape index (κ2) is 4.84. The molecule has 0 saturated heterocycles. The van der Waals surface area contributed by atoms with E-state index in [1.807, 2.05) is 0 Å². The molecule has 0 aliphatic heterocycles. The molecule has 1 heterocycles. The van der Waals surface area contributed by atoms with E-state index < -0.39 is 46.2 Å². The van der Waals surface area contributed by atoms with Gasteiger partial charge in [-0.2, -0.15) is 53.7 Å². The van der Waals surface area contributed by atoms with Crippen LogP contribution in [0, 0.1) is 6.92 Å². The lowest BCUT2D eigenvalue weighted by molar-refractivity contribution is -0.340. The maximum atomic E-state index is 13.1. The Balaban J connectivity index is 3.35. The van der Waals surface area contributed by atoms with E-state index in [4.69, 9.17) is 0 Å². The van der Waals surface area contributed by atoms with Crippen LogP contribution in [0.1, 0.15) is 16.2 Å². The van der Waals surface area contributed by atoms with Crippen molar-refractivity contribution in [2.24, 2.45) is 0 Å². The molecule has 0 fully saturated rings. The minimum absolute atomic E-state index is 0.0414. The number of halogens is 10. The number of aryl methyl sites for hydroxylation is 1. The molecule has 0 spiro atoms. The van der Waals surface area contributed by atoms with Crippen LogP contribution in [-0.2, 0) is 6.18 Å². The number of hydrogen-bond acceptors (Lipinski definition) is 2. The van der Waals surface area contributed by atoms with Crippen LogP contribution in [0.25, 0.3) is 0 Å². The van der Waals surface area contributed by atoms with E-state index >= 15 is 0 Å². The lowest BCUT2D eigenvalue weighted by Gasteiger charge is -2.26. The standard InChI is InChI=1S/C9H4F10N2O/c1-3-2-4(7(12,13)14)20-21(3)5(22)6(10,11)8(15,16)9(17,18)19/h2H,1H3. The number of alkyl halides is 10. The minimum Gasteiger partial charge on any atom is -0.265 e. The van der Waals surface area contributed by atoms with Crippen LogP contribution in [0.2, 0.25) is 0 Å². The number of carbonyl (C=O) groups is 1. The highest BCUT2D eigenvalue weighted by atomic mass is 19.4. The topological polar surface area (TPSA) is 34.9 Å². The summed E-state index contributed by atoms with van der Waals surface area (Å²) in [5.41, 5.74) is -2.89. The van der Waals surface area contributed by atoms with Gasteiger partial charge in [0.1, 0.15) is 0 Å². The van der Waals surface area contributed by atoms with Gasteiger partial charge < -0.3 is 0 Å². The number of nitrogens with zero attached hydrogens (tertiary/aromatic N) is 2. The molecule has 3 nitrogen and oxygen atoms in total. The summed E-state index contributed by atoms with van der Waals surface area (Å²) in [6, 6.07) is 0.0414.